The van der Waals surface area contributed by atoms with Crippen LogP contribution in [0.25, 0.3) is 11.3 Å². The molecule has 1 aromatic carbocycles. The van der Waals surface area contributed by atoms with Crippen molar-refractivity contribution in [3.05, 3.63) is 36.0 Å². The Labute approximate surface area is 143 Å². The van der Waals surface area contributed by atoms with E-state index in [1.807, 2.05) is 18.3 Å². The van der Waals surface area contributed by atoms with Crippen molar-refractivity contribution < 1.29 is 4.74 Å². The van der Waals surface area contributed by atoms with E-state index in [-0.39, 0.29) is 0 Å². The van der Waals surface area contributed by atoms with Gasteiger partial charge in [0.2, 0.25) is 0 Å². The van der Waals surface area contributed by atoms with E-state index in [0.29, 0.717) is 6.04 Å². The normalized spacial score (nSPS) is 19.5. The van der Waals surface area contributed by atoms with Crippen LogP contribution in [0.1, 0.15) is 31.2 Å². The second-order valence-corrected chi connectivity index (χ2v) is 6.92. The molecule has 1 aromatic heterocycles. The summed E-state index contributed by atoms with van der Waals surface area (Å²) in [6.45, 7) is 3.37. The number of H-pyrrole nitrogens is 1. The van der Waals surface area contributed by atoms with Crippen LogP contribution in [0.3, 0.4) is 0 Å². The van der Waals surface area contributed by atoms with E-state index in [0.717, 1.165) is 29.6 Å². The van der Waals surface area contributed by atoms with Crippen molar-refractivity contribution in [1.82, 2.24) is 20.4 Å². The van der Waals surface area contributed by atoms with Crippen LogP contribution in [-0.4, -0.2) is 47.4 Å². The van der Waals surface area contributed by atoms with Gasteiger partial charge in [-0.25, -0.2) is 0 Å². The monoisotopic (exact) mass is 326 g/mol. The zero-order chi connectivity index (χ0) is 16.4. The molecule has 4 rings (SSSR count). The van der Waals surface area contributed by atoms with Gasteiger partial charge in [0.05, 0.1) is 19.0 Å². The van der Waals surface area contributed by atoms with Gasteiger partial charge >= 0.3 is 0 Å². The van der Waals surface area contributed by atoms with E-state index >= 15 is 0 Å². The van der Waals surface area contributed by atoms with Gasteiger partial charge in [-0.15, -0.1) is 0 Å². The summed E-state index contributed by atoms with van der Waals surface area (Å²) in [6.07, 6.45) is 7.28. The van der Waals surface area contributed by atoms with Gasteiger partial charge in [0.1, 0.15) is 5.75 Å². The van der Waals surface area contributed by atoms with Gasteiger partial charge in [0.25, 0.3) is 0 Å². The Morgan fingerprint density at radius 3 is 2.58 bits per heavy atom. The van der Waals surface area contributed by atoms with Gasteiger partial charge in [-0.05, 0) is 63.0 Å². The number of methoxy groups -OCH3 is 1. The molecule has 2 heterocycles. The zero-order valence-electron chi connectivity index (χ0n) is 14.3. The first-order valence-electron chi connectivity index (χ1n) is 8.97. The molecule has 0 spiro atoms. The largest absolute Gasteiger partial charge is 0.497 e. The summed E-state index contributed by atoms with van der Waals surface area (Å²) in [4.78, 5) is 2.67. The minimum atomic E-state index is 0.624. The quantitative estimate of drug-likeness (QED) is 0.857. The molecule has 24 heavy (non-hydrogen) atoms. The van der Waals surface area contributed by atoms with Gasteiger partial charge in [-0.3, -0.25) is 5.10 Å². The van der Waals surface area contributed by atoms with E-state index in [1.54, 1.807) is 7.11 Å². The third kappa shape index (κ3) is 3.47. The molecule has 2 fully saturated rings. The molecule has 2 aromatic rings. The van der Waals surface area contributed by atoms with Crippen LogP contribution in [0.15, 0.2) is 30.5 Å². The SMILES string of the molecule is COc1ccc(-c2[nH]ncc2CNC2CCN(C3CC3)CC2)cc1. The van der Waals surface area contributed by atoms with Gasteiger partial charge in [-0.1, -0.05) is 0 Å². The van der Waals surface area contributed by atoms with Gasteiger partial charge in [-0.2, -0.15) is 5.10 Å². The molecule has 0 radical (unpaired) electrons. The molecular weight excluding hydrogens is 300 g/mol. The van der Waals surface area contributed by atoms with E-state index in [4.69, 9.17) is 4.74 Å². The van der Waals surface area contributed by atoms with Gasteiger partial charge < -0.3 is 15.0 Å². The summed E-state index contributed by atoms with van der Waals surface area (Å²) in [5.41, 5.74) is 3.47. The predicted octanol–water partition coefficient (Wildman–Crippen LogP) is 2.80. The molecule has 1 saturated heterocycles. The maximum absolute atomic E-state index is 5.23. The second-order valence-electron chi connectivity index (χ2n) is 6.92. The van der Waals surface area contributed by atoms with Crippen molar-refractivity contribution in [3.8, 4) is 17.0 Å². The highest BCUT2D eigenvalue weighted by atomic mass is 16.5. The number of piperidine rings is 1. The molecule has 0 bridgehead atoms. The Hall–Kier alpha value is -1.85. The van der Waals surface area contributed by atoms with E-state index < -0.39 is 0 Å². The predicted molar refractivity (Wildman–Crippen MR) is 95.0 cm³/mol. The van der Waals surface area contributed by atoms with Crippen molar-refractivity contribution in [2.24, 2.45) is 0 Å². The van der Waals surface area contributed by atoms with E-state index in [2.05, 4.69) is 32.5 Å². The lowest BCUT2D eigenvalue weighted by Crippen LogP contribution is -2.43. The van der Waals surface area contributed by atoms with E-state index in [1.165, 1.54) is 44.3 Å². The maximum Gasteiger partial charge on any atom is 0.118 e. The highest BCUT2D eigenvalue weighted by Crippen LogP contribution is 2.29. The Balaban J connectivity index is 1.34. The number of nitrogens with zero attached hydrogens (tertiary/aromatic N) is 2. The van der Waals surface area contributed by atoms with Crippen molar-refractivity contribution in [3.63, 3.8) is 0 Å². The summed E-state index contributed by atoms with van der Waals surface area (Å²) >= 11 is 0. The highest BCUT2D eigenvalue weighted by molar-refractivity contribution is 5.63. The number of likely N-dealkylation sites (tertiary alicyclic amines) is 1. The minimum absolute atomic E-state index is 0.624. The molecule has 1 aliphatic heterocycles. The van der Waals surface area contributed by atoms with E-state index in [9.17, 15) is 0 Å². The lowest BCUT2D eigenvalue weighted by atomic mass is 10.0. The van der Waals surface area contributed by atoms with Crippen molar-refractivity contribution in [2.75, 3.05) is 20.2 Å². The molecule has 128 valence electrons. The maximum atomic E-state index is 5.23. The third-order valence-electron chi connectivity index (χ3n) is 5.27. The van der Waals surface area contributed by atoms with Crippen molar-refractivity contribution >= 4 is 0 Å². The van der Waals surface area contributed by atoms with Crippen LogP contribution in [0.5, 0.6) is 5.75 Å². The number of hydrogen-bond acceptors (Lipinski definition) is 4. The number of rotatable bonds is 6. The molecule has 5 nitrogen and oxygen atoms in total. The number of hydrogen-bond donors (Lipinski definition) is 2. The fourth-order valence-corrected chi connectivity index (χ4v) is 3.62. The van der Waals surface area contributed by atoms with Crippen LogP contribution in [0.4, 0.5) is 0 Å². The zero-order valence-corrected chi connectivity index (χ0v) is 14.3. The topological polar surface area (TPSA) is 53.2 Å². The molecule has 0 atom stereocenters. The third-order valence-corrected chi connectivity index (χ3v) is 5.27. The first kappa shape index (κ1) is 15.7. The number of aromatic nitrogens is 2. The molecular formula is C19H26N4O. The minimum Gasteiger partial charge on any atom is -0.497 e. The van der Waals surface area contributed by atoms with Crippen LogP contribution in [0.2, 0.25) is 0 Å². The fraction of sp³-hybridized carbons (Fsp3) is 0.526. The Bertz CT molecular complexity index is 654. The highest BCUT2D eigenvalue weighted by Gasteiger charge is 2.31. The summed E-state index contributed by atoms with van der Waals surface area (Å²) < 4.78 is 5.23. The summed E-state index contributed by atoms with van der Waals surface area (Å²) in [7, 11) is 1.69. The Morgan fingerprint density at radius 2 is 1.92 bits per heavy atom. The molecule has 0 unspecified atom stereocenters. The molecule has 2 aliphatic rings. The van der Waals surface area contributed by atoms with Crippen LogP contribution in [0, 0.1) is 0 Å². The lowest BCUT2D eigenvalue weighted by Gasteiger charge is -2.32. The number of benzene rings is 1. The molecule has 1 saturated carbocycles. The average molecular weight is 326 g/mol. The second kappa shape index (κ2) is 6.95. The summed E-state index contributed by atoms with van der Waals surface area (Å²) in [5, 5.41) is 11.1. The summed E-state index contributed by atoms with van der Waals surface area (Å²) in [5.74, 6) is 0.875. The van der Waals surface area contributed by atoms with Gasteiger partial charge in [0.15, 0.2) is 0 Å². The Morgan fingerprint density at radius 1 is 1.17 bits per heavy atom. The molecule has 5 heteroatoms. The number of ether oxygens (including phenoxy) is 1. The van der Waals surface area contributed by atoms with Crippen molar-refractivity contribution in [1.29, 1.82) is 0 Å². The molecule has 2 N–H and O–H groups in total. The first-order chi connectivity index (χ1) is 11.8. The van der Waals surface area contributed by atoms with Crippen molar-refractivity contribution in [2.45, 2.75) is 44.3 Å². The van der Waals surface area contributed by atoms with Crippen LogP contribution >= 0.6 is 0 Å². The Kier molecular flexibility index (Phi) is 4.54. The average Bonchev–Trinajstić information content (AvgIpc) is 3.39. The van der Waals surface area contributed by atoms with Gasteiger partial charge in [0, 0.05) is 29.8 Å². The standard InChI is InChI=1S/C19H26N4O/c1-24-18-6-2-14(3-7-18)19-15(13-21-22-19)12-20-16-8-10-23(11-9-16)17-4-5-17/h2-3,6-7,13,16-17,20H,4-5,8-12H2,1H3,(H,21,22). The van der Waals surface area contributed by atoms with Crippen LogP contribution in [-0.2, 0) is 6.54 Å². The lowest BCUT2D eigenvalue weighted by molar-refractivity contribution is 0.189. The first-order valence-corrected chi connectivity index (χ1v) is 8.97. The van der Waals surface area contributed by atoms with Crippen LogP contribution < -0.4 is 10.1 Å². The molecule has 1 aliphatic carbocycles. The smallest absolute Gasteiger partial charge is 0.118 e. The molecule has 0 amide bonds. The number of aromatic amines is 1. The number of nitrogens with one attached hydrogen (secondary N) is 2. The fourth-order valence-electron chi connectivity index (χ4n) is 3.62. The summed E-state index contributed by atoms with van der Waals surface area (Å²) in [6, 6.07) is 9.65.